The van der Waals surface area contributed by atoms with Crippen LogP contribution < -0.4 is 5.56 Å². The molecular formula is C21H24N2OS2. The normalized spacial score (nSPS) is 16.8. The van der Waals surface area contributed by atoms with Crippen molar-refractivity contribution in [2.24, 2.45) is 5.92 Å². The average Bonchev–Trinajstić information content (AvgIpc) is 3.00. The summed E-state index contributed by atoms with van der Waals surface area (Å²) in [6.45, 7) is 4.47. The molecule has 0 radical (unpaired) electrons. The maximum atomic E-state index is 13.5. The maximum Gasteiger partial charge on any atom is 0.267 e. The van der Waals surface area contributed by atoms with Gasteiger partial charge in [-0.05, 0) is 49.3 Å². The second-order valence-corrected chi connectivity index (χ2v) is 9.25. The van der Waals surface area contributed by atoms with Crippen LogP contribution >= 0.6 is 23.1 Å². The Balaban J connectivity index is 1.93. The average molecular weight is 385 g/mol. The predicted molar refractivity (Wildman–Crippen MR) is 112 cm³/mol. The first-order chi connectivity index (χ1) is 12.7. The molecule has 1 aliphatic rings. The van der Waals surface area contributed by atoms with Gasteiger partial charge in [0, 0.05) is 10.6 Å². The molecule has 0 amide bonds. The number of rotatable bonds is 5. The Bertz CT molecular complexity index is 975. The molecule has 3 aromatic rings. The highest BCUT2D eigenvalue weighted by Crippen LogP contribution is 2.37. The number of para-hydroxylation sites is 1. The van der Waals surface area contributed by atoms with Crippen molar-refractivity contribution in [1.29, 1.82) is 0 Å². The van der Waals surface area contributed by atoms with Crippen LogP contribution in [0.1, 0.15) is 43.6 Å². The van der Waals surface area contributed by atoms with Crippen LogP contribution in [0.4, 0.5) is 0 Å². The number of aromatic nitrogens is 2. The van der Waals surface area contributed by atoms with E-state index in [4.69, 9.17) is 4.98 Å². The first-order valence-corrected chi connectivity index (χ1v) is 11.2. The lowest BCUT2D eigenvalue weighted by Gasteiger charge is -2.18. The van der Waals surface area contributed by atoms with Crippen molar-refractivity contribution in [3.63, 3.8) is 0 Å². The third-order valence-electron chi connectivity index (χ3n) is 5.04. The minimum atomic E-state index is 0.104. The summed E-state index contributed by atoms with van der Waals surface area (Å²) in [4.78, 5) is 20.8. The molecule has 0 bridgehead atoms. The number of hydrogen-bond donors (Lipinski definition) is 0. The summed E-state index contributed by atoms with van der Waals surface area (Å²) in [6, 6.07) is 9.95. The van der Waals surface area contributed by atoms with Crippen molar-refractivity contribution in [2.45, 2.75) is 51.1 Å². The van der Waals surface area contributed by atoms with Gasteiger partial charge in [0.1, 0.15) is 4.83 Å². The van der Waals surface area contributed by atoms with Crippen molar-refractivity contribution < 1.29 is 0 Å². The van der Waals surface area contributed by atoms with Gasteiger partial charge < -0.3 is 0 Å². The predicted octanol–water partition coefficient (Wildman–Crippen LogP) is 5.46. The summed E-state index contributed by atoms with van der Waals surface area (Å²) in [5.74, 6) is 1.63. The van der Waals surface area contributed by atoms with Crippen molar-refractivity contribution >= 4 is 33.3 Å². The summed E-state index contributed by atoms with van der Waals surface area (Å²) in [7, 11) is 0. The lowest BCUT2D eigenvalue weighted by atomic mass is 9.89. The van der Waals surface area contributed by atoms with Gasteiger partial charge in [0.25, 0.3) is 5.56 Å². The number of benzene rings is 1. The van der Waals surface area contributed by atoms with Crippen LogP contribution in [-0.2, 0) is 12.8 Å². The van der Waals surface area contributed by atoms with Crippen LogP contribution in [0, 0.1) is 5.92 Å². The second kappa shape index (κ2) is 7.57. The minimum absolute atomic E-state index is 0.104. The van der Waals surface area contributed by atoms with Crippen LogP contribution in [-0.4, -0.2) is 15.3 Å². The fourth-order valence-electron chi connectivity index (χ4n) is 3.59. The quantitative estimate of drug-likeness (QED) is 0.333. The first kappa shape index (κ1) is 17.8. The van der Waals surface area contributed by atoms with Gasteiger partial charge in [0.15, 0.2) is 5.16 Å². The second-order valence-electron chi connectivity index (χ2n) is 7.10. The van der Waals surface area contributed by atoms with Gasteiger partial charge in [-0.1, -0.05) is 50.2 Å². The Kier molecular flexibility index (Phi) is 5.18. The Morgan fingerprint density at radius 2 is 2.12 bits per heavy atom. The highest BCUT2D eigenvalue weighted by Gasteiger charge is 2.25. The lowest BCUT2D eigenvalue weighted by molar-refractivity contribution is 0.508. The summed E-state index contributed by atoms with van der Waals surface area (Å²) < 4.78 is 1.83. The monoisotopic (exact) mass is 384 g/mol. The molecule has 0 N–H and O–H groups in total. The first-order valence-electron chi connectivity index (χ1n) is 9.44. The van der Waals surface area contributed by atoms with E-state index in [-0.39, 0.29) is 5.56 Å². The lowest BCUT2D eigenvalue weighted by Crippen LogP contribution is -2.22. The van der Waals surface area contributed by atoms with Crippen LogP contribution in [0.25, 0.3) is 15.9 Å². The molecule has 2 aromatic heterocycles. The summed E-state index contributed by atoms with van der Waals surface area (Å²) in [5.41, 5.74) is 2.28. The number of aryl methyl sites for hydroxylation is 1. The molecule has 0 unspecified atom stereocenters. The van der Waals surface area contributed by atoms with Gasteiger partial charge in [-0.2, -0.15) is 0 Å². The fraction of sp³-hybridized carbons (Fsp3) is 0.429. The molecule has 136 valence electrons. The van der Waals surface area contributed by atoms with Crippen molar-refractivity contribution in [3.8, 4) is 5.69 Å². The van der Waals surface area contributed by atoms with Gasteiger partial charge in [0.05, 0.1) is 11.1 Å². The standard InChI is InChI=1S/C21H24N2OS2/c1-3-4-12-25-21-22-19-18(16-13-14(2)10-11-17(16)26-19)20(24)23(21)15-8-6-5-7-9-15/h5-9,14H,3-4,10-13H2,1-2H3/t14-/m1/s1. The largest absolute Gasteiger partial charge is 0.268 e. The van der Waals surface area contributed by atoms with Gasteiger partial charge in [-0.15, -0.1) is 11.3 Å². The van der Waals surface area contributed by atoms with Crippen LogP contribution in [0.3, 0.4) is 0 Å². The molecule has 1 aliphatic carbocycles. The van der Waals surface area contributed by atoms with Gasteiger partial charge in [0.2, 0.25) is 0 Å². The highest BCUT2D eigenvalue weighted by atomic mass is 32.2. The van der Waals surface area contributed by atoms with Gasteiger partial charge in [-0.3, -0.25) is 9.36 Å². The zero-order valence-corrected chi connectivity index (χ0v) is 17.0. The zero-order chi connectivity index (χ0) is 18.1. The molecule has 5 heteroatoms. The number of hydrogen-bond acceptors (Lipinski definition) is 4. The third kappa shape index (κ3) is 3.23. The molecule has 0 spiro atoms. The van der Waals surface area contributed by atoms with Crippen LogP contribution in [0.5, 0.6) is 0 Å². The minimum Gasteiger partial charge on any atom is -0.268 e. The molecule has 0 saturated heterocycles. The topological polar surface area (TPSA) is 34.9 Å². The highest BCUT2D eigenvalue weighted by molar-refractivity contribution is 7.99. The van der Waals surface area contributed by atoms with E-state index in [1.165, 1.54) is 16.9 Å². The van der Waals surface area contributed by atoms with Gasteiger partial charge >= 0.3 is 0 Å². The van der Waals surface area contributed by atoms with Crippen LogP contribution in [0.2, 0.25) is 0 Å². The van der Waals surface area contributed by atoms with Crippen molar-refractivity contribution in [2.75, 3.05) is 5.75 Å². The summed E-state index contributed by atoms with van der Waals surface area (Å²) in [6.07, 6.45) is 5.58. The Hall–Kier alpha value is -1.59. The molecular weight excluding hydrogens is 360 g/mol. The number of unbranched alkanes of at least 4 members (excludes halogenated alkanes) is 1. The molecule has 4 rings (SSSR count). The molecule has 0 fully saturated rings. The molecule has 0 aliphatic heterocycles. The van der Waals surface area contributed by atoms with Crippen molar-refractivity contribution in [1.82, 2.24) is 9.55 Å². The van der Waals surface area contributed by atoms with Crippen molar-refractivity contribution in [3.05, 3.63) is 51.1 Å². The molecule has 3 nitrogen and oxygen atoms in total. The zero-order valence-electron chi connectivity index (χ0n) is 15.3. The summed E-state index contributed by atoms with van der Waals surface area (Å²) >= 11 is 3.44. The van der Waals surface area contributed by atoms with E-state index < -0.39 is 0 Å². The molecule has 0 saturated carbocycles. The molecule has 1 atom stereocenters. The fourth-order valence-corrected chi connectivity index (χ4v) is 5.94. The Labute approximate surface area is 162 Å². The van der Waals surface area contributed by atoms with Crippen LogP contribution in [0.15, 0.2) is 40.3 Å². The molecule has 2 heterocycles. The van der Waals surface area contributed by atoms with E-state index in [1.54, 1.807) is 23.1 Å². The number of thiophene rings is 1. The van der Waals surface area contributed by atoms with E-state index >= 15 is 0 Å². The van der Waals surface area contributed by atoms with E-state index in [1.807, 2.05) is 34.9 Å². The Morgan fingerprint density at radius 3 is 2.88 bits per heavy atom. The molecule has 26 heavy (non-hydrogen) atoms. The van der Waals surface area contributed by atoms with Gasteiger partial charge in [-0.25, -0.2) is 4.98 Å². The van der Waals surface area contributed by atoms with E-state index in [0.29, 0.717) is 5.92 Å². The Morgan fingerprint density at radius 1 is 1.31 bits per heavy atom. The number of fused-ring (bicyclic) bond motifs is 3. The number of thioether (sulfide) groups is 1. The van der Waals surface area contributed by atoms with E-state index in [9.17, 15) is 4.79 Å². The van der Waals surface area contributed by atoms with E-state index in [0.717, 1.165) is 52.5 Å². The number of nitrogens with zero attached hydrogens (tertiary/aromatic N) is 2. The van der Waals surface area contributed by atoms with E-state index in [2.05, 4.69) is 13.8 Å². The third-order valence-corrected chi connectivity index (χ3v) is 7.25. The SMILES string of the molecule is CCCCSc1nc2sc3c(c2c(=O)n1-c1ccccc1)C[C@H](C)CC3. The smallest absolute Gasteiger partial charge is 0.267 e. The molecule has 1 aromatic carbocycles. The summed E-state index contributed by atoms with van der Waals surface area (Å²) in [5, 5.41) is 1.69. The maximum absolute atomic E-state index is 13.5.